The Labute approximate surface area is 255 Å². The highest BCUT2D eigenvalue weighted by Gasteiger charge is 2.46. The number of halogens is 3. The summed E-state index contributed by atoms with van der Waals surface area (Å²) in [5.74, 6) is 0.427. The van der Waals surface area contributed by atoms with Crippen molar-refractivity contribution in [1.29, 1.82) is 0 Å². The Morgan fingerprint density at radius 2 is 1.68 bits per heavy atom. The van der Waals surface area contributed by atoms with Crippen molar-refractivity contribution in [3.05, 3.63) is 113 Å². The molecule has 1 heterocycles. The van der Waals surface area contributed by atoms with E-state index in [-0.39, 0.29) is 29.7 Å². The Morgan fingerprint density at radius 1 is 1.00 bits per heavy atom. The first-order valence-corrected chi connectivity index (χ1v) is 16.2. The number of benzene rings is 3. The summed E-state index contributed by atoms with van der Waals surface area (Å²) in [6.07, 6.45) is 6.19. The molecule has 0 radical (unpaired) electrons. The van der Waals surface area contributed by atoms with Gasteiger partial charge in [-0.05, 0) is 86.1 Å². The Bertz CT molecular complexity index is 1320. The summed E-state index contributed by atoms with van der Waals surface area (Å²) >= 11 is 11.7. The molecule has 2 aliphatic rings. The van der Waals surface area contributed by atoms with E-state index in [1.54, 1.807) is 16.4 Å². The SMILES string of the molecule is C=CC[C@H]1CC[C@@H](c2ccc(Cl)cc2)N(C(CN(c2cccc(F)c2)S(=O)CC)C2CC2)C1=O.Clc1ccccc1. The molecule has 4 atom stereocenters. The second kappa shape index (κ2) is 15.0. The Morgan fingerprint density at radius 3 is 2.24 bits per heavy atom. The average molecular weight is 616 g/mol. The lowest BCUT2D eigenvalue weighted by Crippen LogP contribution is -2.54. The van der Waals surface area contributed by atoms with Crippen molar-refractivity contribution >= 4 is 45.8 Å². The molecule has 1 aliphatic heterocycles. The fourth-order valence-electron chi connectivity index (χ4n) is 5.44. The van der Waals surface area contributed by atoms with E-state index < -0.39 is 11.0 Å². The summed E-state index contributed by atoms with van der Waals surface area (Å²) in [5, 5.41) is 1.46. The third-order valence-electron chi connectivity index (χ3n) is 7.63. The van der Waals surface area contributed by atoms with Gasteiger partial charge in [-0.1, -0.05) is 72.6 Å². The summed E-state index contributed by atoms with van der Waals surface area (Å²) in [6.45, 7) is 6.12. The molecule has 0 N–H and O–H groups in total. The fourth-order valence-corrected chi connectivity index (χ4v) is 6.69. The summed E-state index contributed by atoms with van der Waals surface area (Å²) in [7, 11) is -1.32. The molecule has 1 amide bonds. The number of nitrogens with zero attached hydrogens (tertiary/aromatic N) is 2. The minimum absolute atomic E-state index is 0.0687. The third kappa shape index (κ3) is 8.43. The summed E-state index contributed by atoms with van der Waals surface area (Å²) in [6, 6.07) is 23.2. The number of rotatable bonds is 10. The molecule has 3 aromatic carbocycles. The van der Waals surface area contributed by atoms with E-state index in [0.717, 1.165) is 36.3 Å². The van der Waals surface area contributed by atoms with Crippen LogP contribution in [0.15, 0.2) is 91.5 Å². The van der Waals surface area contributed by atoms with Crippen molar-refractivity contribution in [1.82, 2.24) is 4.90 Å². The van der Waals surface area contributed by atoms with Crippen LogP contribution in [0.5, 0.6) is 0 Å². The molecule has 218 valence electrons. The van der Waals surface area contributed by atoms with Gasteiger partial charge in [0.2, 0.25) is 5.91 Å². The van der Waals surface area contributed by atoms with Crippen LogP contribution in [0.1, 0.15) is 50.6 Å². The topological polar surface area (TPSA) is 40.6 Å². The van der Waals surface area contributed by atoms with Crippen LogP contribution in [0, 0.1) is 17.7 Å². The summed E-state index contributed by atoms with van der Waals surface area (Å²) < 4.78 is 28.9. The van der Waals surface area contributed by atoms with Gasteiger partial charge in [0.15, 0.2) is 0 Å². The van der Waals surface area contributed by atoms with E-state index in [9.17, 15) is 13.4 Å². The fraction of sp³-hybridized carbons (Fsp3) is 0.364. The van der Waals surface area contributed by atoms with Gasteiger partial charge in [-0.15, -0.1) is 6.58 Å². The highest BCUT2D eigenvalue weighted by molar-refractivity contribution is 7.86. The lowest BCUT2D eigenvalue weighted by atomic mass is 9.84. The van der Waals surface area contributed by atoms with Crippen molar-refractivity contribution in [3.8, 4) is 0 Å². The number of carbonyl (C=O) groups excluding carboxylic acids is 1. The number of allylic oxidation sites excluding steroid dienone is 1. The molecule has 1 saturated heterocycles. The maximum Gasteiger partial charge on any atom is 0.226 e. The van der Waals surface area contributed by atoms with Gasteiger partial charge in [-0.3, -0.25) is 9.10 Å². The molecule has 2 fully saturated rings. The van der Waals surface area contributed by atoms with Crippen LogP contribution in [-0.2, 0) is 15.8 Å². The van der Waals surface area contributed by atoms with Crippen LogP contribution < -0.4 is 4.31 Å². The van der Waals surface area contributed by atoms with Crippen molar-refractivity contribution in [3.63, 3.8) is 0 Å². The summed E-state index contributed by atoms with van der Waals surface area (Å²) in [4.78, 5) is 15.9. The maximum atomic E-state index is 14.1. The maximum absolute atomic E-state index is 14.1. The van der Waals surface area contributed by atoms with Gasteiger partial charge in [0.1, 0.15) is 16.8 Å². The highest BCUT2D eigenvalue weighted by atomic mass is 35.5. The van der Waals surface area contributed by atoms with Crippen LogP contribution in [0.2, 0.25) is 10.0 Å². The molecule has 1 aliphatic carbocycles. The molecule has 8 heteroatoms. The largest absolute Gasteiger partial charge is 0.330 e. The Hall–Kier alpha value is -2.67. The van der Waals surface area contributed by atoms with Crippen molar-refractivity contribution in [2.75, 3.05) is 16.6 Å². The zero-order chi connectivity index (χ0) is 29.4. The van der Waals surface area contributed by atoms with Gasteiger partial charge < -0.3 is 4.90 Å². The highest BCUT2D eigenvalue weighted by Crippen LogP contribution is 2.44. The lowest BCUT2D eigenvalue weighted by molar-refractivity contribution is -0.145. The van der Waals surface area contributed by atoms with Gasteiger partial charge in [0.05, 0.1) is 24.3 Å². The molecule has 0 spiro atoms. The number of hydrogen-bond donors (Lipinski definition) is 0. The molecule has 4 nitrogen and oxygen atoms in total. The molecular weight excluding hydrogens is 578 g/mol. The number of carbonyl (C=O) groups is 1. The normalized spacial score (nSPS) is 20.0. The standard InChI is InChI=1S/C27H32ClFN2O2S.C6H5Cl/c1-3-6-21-13-16-25(19-11-14-22(28)15-12-19)31(27(21)32)26(20-9-10-20)18-30(34(33)4-2)24-8-5-7-23(29)17-24;7-6-4-2-1-3-5-6/h3,5,7-8,11-12,14-15,17,20-21,25-26H,1,4,6,9-10,13,16,18H2,2H3;1-5H/t21-,25-,26?,34?;/m0./s1. The minimum atomic E-state index is -1.32. The van der Waals surface area contributed by atoms with E-state index in [2.05, 4.69) is 11.5 Å². The predicted molar refractivity (Wildman–Crippen MR) is 169 cm³/mol. The number of piperidine rings is 1. The number of amides is 1. The molecule has 3 aromatic rings. The van der Waals surface area contributed by atoms with E-state index in [1.807, 2.05) is 67.6 Å². The first-order valence-electron chi connectivity index (χ1n) is 14.1. The zero-order valence-electron chi connectivity index (χ0n) is 23.3. The first kappa shape index (κ1) is 31.3. The van der Waals surface area contributed by atoms with E-state index in [1.165, 1.54) is 12.1 Å². The van der Waals surface area contributed by atoms with Crippen molar-refractivity contribution in [2.24, 2.45) is 11.8 Å². The van der Waals surface area contributed by atoms with Gasteiger partial charge in [-0.2, -0.15) is 0 Å². The quantitative estimate of drug-likeness (QED) is 0.214. The van der Waals surface area contributed by atoms with E-state index in [4.69, 9.17) is 23.2 Å². The van der Waals surface area contributed by atoms with Crippen LogP contribution in [-0.4, -0.2) is 33.4 Å². The number of likely N-dealkylation sites (tertiary alicyclic amines) is 1. The molecule has 1 saturated carbocycles. The van der Waals surface area contributed by atoms with Gasteiger partial charge in [0, 0.05) is 21.7 Å². The summed E-state index contributed by atoms with van der Waals surface area (Å²) in [5.41, 5.74) is 1.65. The monoisotopic (exact) mass is 614 g/mol. The molecule has 0 aromatic heterocycles. The van der Waals surface area contributed by atoms with Crippen molar-refractivity contribution < 1.29 is 13.4 Å². The second-order valence-electron chi connectivity index (χ2n) is 10.5. The van der Waals surface area contributed by atoms with Gasteiger partial charge in [0.25, 0.3) is 0 Å². The Kier molecular flexibility index (Phi) is 11.4. The predicted octanol–water partition coefficient (Wildman–Crippen LogP) is 8.64. The first-order chi connectivity index (χ1) is 19.8. The molecule has 2 unspecified atom stereocenters. The van der Waals surface area contributed by atoms with Crippen LogP contribution >= 0.6 is 23.2 Å². The van der Waals surface area contributed by atoms with Gasteiger partial charge >= 0.3 is 0 Å². The molecular formula is C33H37Cl2FN2O2S. The second-order valence-corrected chi connectivity index (χ2v) is 13.0. The molecule has 5 rings (SSSR count). The van der Waals surface area contributed by atoms with Gasteiger partial charge in [-0.25, -0.2) is 8.60 Å². The molecule has 0 bridgehead atoms. The number of hydrogen-bond acceptors (Lipinski definition) is 2. The van der Waals surface area contributed by atoms with E-state index >= 15 is 0 Å². The van der Waals surface area contributed by atoms with Crippen LogP contribution in [0.3, 0.4) is 0 Å². The minimum Gasteiger partial charge on any atom is -0.330 e. The van der Waals surface area contributed by atoms with Crippen LogP contribution in [0.25, 0.3) is 0 Å². The van der Waals surface area contributed by atoms with E-state index in [0.29, 0.717) is 35.3 Å². The Balaban J connectivity index is 0.000000483. The van der Waals surface area contributed by atoms with Crippen molar-refractivity contribution in [2.45, 2.75) is 51.1 Å². The lowest BCUT2D eigenvalue weighted by Gasteiger charge is -2.45. The third-order valence-corrected chi connectivity index (χ3v) is 9.48. The molecule has 41 heavy (non-hydrogen) atoms. The smallest absolute Gasteiger partial charge is 0.226 e. The van der Waals surface area contributed by atoms with Crippen LogP contribution in [0.4, 0.5) is 10.1 Å². The zero-order valence-corrected chi connectivity index (χ0v) is 25.6. The number of anilines is 1. The average Bonchev–Trinajstić information content (AvgIpc) is 3.82.